The number of fused-ring (bicyclic) bond motifs is 1. The van der Waals surface area contributed by atoms with Gasteiger partial charge in [-0.25, -0.2) is 5.43 Å². The van der Waals surface area contributed by atoms with Crippen LogP contribution < -0.4 is 10.7 Å². The Bertz CT molecular complexity index is 1390. The van der Waals surface area contributed by atoms with Gasteiger partial charge in [-0.2, -0.15) is 5.10 Å². The Labute approximate surface area is 191 Å². The minimum Gasteiger partial charge on any atom is -0.507 e. The van der Waals surface area contributed by atoms with Crippen molar-refractivity contribution >= 4 is 34.0 Å². The lowest BCUT2D eigenvalue weighted by atomic mass is 10.0. The molecule has 0 saturated carbocycles. The van der Waals surface area contributed by atoms with E-state index in [1.807, 2.05) is 49.4 Å². The van der Waals surface area contributed by atoms with E-state index in [1.165, 1.54) is 6.07 Å². The van der Waals surface area contributed by atoms with Crippen molar-refractivity contribution in [2.24, 2.45) is 5.10 Å². The summed E-state index contributed by atoms with van der Waals surface area (Å²) in [6, 6.07) is 25.2. The molecule has 2 amide bonds. The molecule has 0 aromatic heterocycles. The Morgan fingerprint density at radius 3 is 2.42 bits per heavy atom. The van der Waals surface area contributed by atoms with Gasteiger partial charge in [-0.3, -0.25) is 9.59 Å². The molecule has 0 unspecified atom stereocenters. The third-order valence-electron chi connectivity index (χ3n) is 5.39. The Balaban J connectivity index is 1.52. The molecule has 6 nitrogen and oxygen atoms in total. The highest BCUT2D eigenvalue weighted by Gasteiger charge is 2.15. The summed E-state index contributed by atoms with van der Waals surface area (Å²) in [5.41, 5.74) is 6.10. The first-order valence-corrected chi connectivity index (χ1v) is 10.5. The van der Waals surface area contributed by atoms with E-state index in [0.717, 1.165) is 16.5 Å². The van der Waals surface area contributed by atoms with E-state index in [4.69, 9.17) is 0 Å². The number of hydrazone groups is 1. The van der Waals surface area contributed by atoms with Crippen molar-refractivity contribution in [1.82, 2.24) is 5.43 Å². The number of rotatable bonds is 5. The highest BCUT2D eigenvalue weighted by atomic mass is 16.3. The number of carbonyl (C=O) groups is 2. The lowest BCUT2D eigenvalue weighted by Gasteiger charge is -2.10. The molecule has 0 heterocycles. The zero-order valence-corrected chi connectivity index (χ0v) is 18.3. The van der Waals surface area contributed by atoms with E-state index in [2.05, 4.69) is 15.8 Å². The molecule has 0 bridgehead atoms. The van der Waals surface area contributed by atoms with Gasteiger partial charge < -0.3 is 10.4 Å². The van der Waals surface area contributed by atoms with Gasteiger partial charge in [-0.05, 0) is 60.0 Å². The highest BCUT2D eigenvalue weighted by molar-refractivity contribution is 6.10. The molecular weight excluding hydrogens is 414 g/mol. The number of carbonyl (C=O) groups excluding carboxylic acids is 2. The predicted octanol–water partition coefficient (Wildman–Crippen LogP) is 5.26. The van der Waals surface area contributed by atoms with Crippen LogP contribution in [-0.2, 0) is 0 Å². The molecule has 0 aliphatic heterocycles. The zero-order chi connectivity index (χ0) is 23.4. The molecule has 4 aromatic carbocycles. The fraction of sp³-hybridized carbons (Fsp3) is 0.0741. The molecular formula is C27H23N3O3. The quantitative estimate of drug-likeness (QED) is 0.294. The van der Waals surface area contributed by atoms with Crippen LogP contribution in [0, 0.1) is 6.92 Å². The van der Waals surface area contributed by atoms with Crippen molar-refractivity contribution in [2.45, 2.75) is 13.8 Å². The van der Waals surface area contributed by atoms with E-state index in [1.54, 1.807) is 43.3 Å². The third kappa shape index (κ3) is 4.75. The van der Waals surface area contributed by atoms with Crippen molar-refractivity contribution < 1.29 is 14.7 Å². The fourth-order valence-corrected chi connectivity index (χ4v) is 3.60. The largest absolute Gasteiger partial charge is 0.507 e. The summed E-state index contributed by atoms with van der Waals surface area (Å²) in [7, 11) is 0. The molecule has 6 heteroatoms. The monoisotopic (exact) mass is 437 g/mol. The Hall–Kier alpha value is -4.45. The average molecular weight is 437 g/mol. The predicted molar refractivity (Wildman–Crippen MR) is 131 cm³/mol. The molecule has 4 aromatic rings. The normalized spacial score (nSPS) is 11.3. The number of anilines is 1. The SMILES string of the molecule is C/C(=N\NC(=O)c1c(O)ccc2ccccc12)c1cccc(NC(=O)c2ccccc2C)c1. The number of aromatic hydroxyl groups is 1. The summed E-state index contributed by atoms with van der Waals surface area (Å²) in [4.78, 5) is 25.4. The first kappa shape index (κ1) is 21.8. The summed E-state index contributed by atoms with van der Waals surface area (Å²) in [6.45, 7) is 3.64. The summed E-state index contributed by atoms with van der Waals surface area (Å²) >= 11 is 0. The lowest BCUT2D eigenvalue weighted by molar-refractivity contribution is 0.0953. The molecule has 0 fully saturated rings. The van der Waals surface area contributed by atoms with Crippen LogP contribution in [0.15, 0.2) is 90.0 Å². The lowest BCUT2D eigenvalue weighted by Crippen LogP contribution is -2.20. The number of amides is 2. The maximum atomic E-state index is 12.8. The van der Waals surface area contributed by atoms with Gasteiger partial charge in [-0.15, -0.1) is 0 Å². The second-order valence-electron chi connectivity index (χ2n) is 7.67. The molecule has 164 valence electrons. The Morgan fingerprint density at radius 2 is 1.61 bits per heavy atom. The van der Waals surface area contributed by atoms with Crippen LogP contribution in [0.25, 0.3) is 10.8 Å². The van der Waals surface area contributed by atoms with Crippen LogP contribution in [-0.4, -0.2) is 22.6 Å². The average Bonchev–Trinajstić information content (AvgIpc) is 2.82. The van der Waals surface area contributed by atoms with Crippen molar-refractivity contribution in [3.05, 3.63) is 107 Å². The van der Waals surface area contributed by atoms with Crippen LogP contribution in [0.4, 0.5) is 5.69 Å². The summed E-state index contributed by atoms with van der Waals surface area (Å²) in [5.74, 6) is -0.813. The smallest absolute Gasteiger partial charge is 0.275 e. The van der Waals surface area contributed by atoms with E-state index in [9.17, 15) is 14.7 Å². The number of phenolic OH excluding ortho intramolecular Hbond substituents is 1. The van der Waals surface area contributed by atoms with E-state index in [-0.39, 0.29) is 17.2 Å². The van der Waals surface area contributed by atoms with Crippen LogP contribution in [0.1, 0.15) is 38.8 Å². The van der Waals surface area contributed by atoms with Gasteiger partial charge in [0.05, 0.1) is 11.3 Å². The van der Waals surface area contributed by atoms with E-state index < -0.39 is 5.91 Å². The number of aryl methyl sites for hydroxylation is 1. The number of benzene rings is 4. The van der Waals surface area contributed by atoms with Crippen molar-refractivity contribution in [2.75, 3.05) is 5.32 Å². The molecule has 3 N–H and O–H groups in total. The number of hydrogen-bond donors (Lipinski definition) is 3. The Kier molecular flexibility index (Phi) is 6.17. The second kappa shape index (κ2) is 9.36. The molecule has 0 spiro atoms. The first-order valence-electron chi connectivity index (χ1n) is 10.5. The standard InChI is InChI=1S/C27H23N3O3/c1-17-8-3-5-12-22(17)26(32)28-21-11-7-10-20(16-21)18(2)29-30-27(33)25-23-13-6-4-9-19(23)14-15-24(25)31/h3-16,31H,1-2H3,(H,28,32)(H,30,33)/b29-18+. The number of nitrogens with zero attached hydrogens (tertiary/aromatic N) is 1. The molecule has 4 rings (SSSR count). The van der Waals surface area contributed by atoms with Gasteiger partial charge in [0.1, 0.15) is 5.75 Å². The summed E-state index contributed by atoms with van der Waals surface area (Å²) < 4.78 is 0. The van der Waals surface area contributed by atoms with Gasteiger partial charge in [0.15, 0.2) is 0 Å². The van der Waals surface area contributed by atoms with Gasteiger partial charge in [0.25, 0.3) is 11.8 Å². The van der Waals surface area contributed by atoms with Crippen LogP contribution in [0.5, 0.6) is 5.75 Å². The first-order chi connectivity index (χ1) is 15.9. The summed E-state index contributed by atoms with van der Waals surface area (Å²) in [6.07, 6.45) is 0. The number of phenols is 1. The minimum atomic E-state index is -0.507. The van der Waals surface area contributed by atoms with Gasteiger partial charge in [-0.1, -0.05) is 60.7 Å². The Morgan fingerprint density at radius 1 is 0.848 bits per heavy atom. The van der Waals surface area contributed by atoms with Crippen molar-refractivity contribution in [3.8, 4) is 5.75 Å². The van der Waals surface area contributed by atoms with Gasteiger partial charge in [0, 0.05) is 11.3 Å². The molecule has 0 aliphatic carbocycles. The topological polar surface area (TPSA) is 90.8 Å². The van der Waals surface area contributed by atoms with Crippen molar-refractivity contribution in [3.63, 3.8) is 0 Å². The molecule has 33 heavy (non-hydrogen) atoms. The molecule has 0 saturated heterocycles. The van der Waals surface area contributed by atoms with E-state index >= 15 is 0 Å². The minimum absolute atomic E-state index is 0.111. The molecule has 0 radical (unpaired) electrons. The zero-order valence-electron chi connectivity index (χ0n) is 18.3. The van der Waals surface area contributed by atoms with Gasteiger partial charge >= 0.3 is 0 Å². The van der Waals surface area contributed by atoms with Gasteiger partial charge in [0.2, 0.25) is 0 Å². The maximum Gasteiger partial charge on any atom is 0.275 e. The van der Waals surface area contributed by atoms with Crippen molar-refractivity contribution in [1.29, 1.82) is 0 Å². The van der Waals surface area contributed by atoms with E-state index in [0.29, 0.717) is 22.3 Å². The van der Waals surface area contributed by atoms with Crippen LogP contribution >= 0.6 is 0 Å². The third-order valence-corrected chi connectivity index (χ3v) is 5.39. The van der Waals surface area contributed by atoms with Crippen LogP contribution in [0.3, 0.4) is 0 Å². The molecule has 0 aliphatic rings. The number of hydrogen-bond acceptors (Lipinski definition) is 4. The van der Waals surface area contributed by atoms with Crippen LogP contribution in [0.2, 0.25) is 0 Å². The maximum absolute atomic E-state index is 12.8. The second-order valence-corrected chi connectivity index (χ2v) is 7.67. The molecule has 0 atom stereocenters. The fourth-order valence-electron chi connectivity index (χ4n) is 3.60. The summed E-state index contributed by atoms with van der Waals surface area (Å²) in [5, 5.41) is 18.8. The highest BCUT2D eigenvalue weighted by Crippen LogP contribution is 2.27. The number of nitrogens with one attached hydrogen (secondary N) is 2.